The number of nitrogens with one attached hydrogen (secondary N) is 2. The molecule has 6 rings (SSSR count). The highest BCUT2D eigenvalue weighted by Crippen LogP contribution is 2.23. The Kier molecular flexibility index (Phi) is 9.50. The second kappa shape index (κ2) is 13.0. The summed E-state index contributed by atoms with van der Waals surface area (Å²) >= 11 is 0. The van der Waals surface area contributed by atoms with Crippen molar-refractivity contribution in [3.05, 3.63) is 80.0 Å². The van der Waals surface area contributed by atoms with Crippen LogP contribution in [0.1, 0.15) is 17.4 Å². The van der Waals surface area contributed by atoms with Gasteiger partial charge in [0.25, 0.3) is 5.56 Å². The number of nitrogens with zero attached hydrogens (tertiary/aromatic N) is 10. The molecule has 19 nitrogen and oxygen atoms in total. The van der Waals surface area contributed by atoms with Gasteiger partial charge in [-0.05, 0) is 13.0 Å². The number of aromatic nitrogens is 10. The maximum Gasteiger partial charge on any atom is 0.349 e. The lowest BCUT2D eigenvalue weighted by molar-refractivity contribution is 0.740. The Morgan fingerprint density at radius 2 is 1.57 bits per heavy atom. The maximum atomic E-state index is 10.7. The summed E-state index contributed by atoms with van der Waals surface area (Å²) in [4.78, 5) is 57.5. The molecule has 19 heteroatoms. The third kappa shape index (κ3) is 7.41. The highest BCUT2D eigenvalue weighted by atomic mass is 16.2. The fourth-order valence-corrected chi connectivity index (χ4v) is 3.32. The molecule has 1 unspecified atom stereocenters. The first-order valence-corrected chi connectivity index (χ1v) is 12.1. The number of nitrogen functional groups attached to an aromatic ring is 2. The smallest absolute Gasteiger partial charge is 0.349 e. The van der Waals surface area contributed by atoms with E-state index in [2.05, 4.69) is 40.2 Å². The van der Waals surface area contributed by atoms with Crippen molar-refractivity contribution in [3.8, 4) is 0 Å². The molecule has 222 valence electrons. The fraction of sp³-hybridized carbons (Fsp3) is 0.261. The summed E-state index contributed by atoms with van der Waals surface area (Å²) in [7, 11) is 6.94. The number of aromatic amines is 1. The number of aliphatic imine (C=N–C) groups is 1. The fourth-order valence-electron chi connectivity index (χ4n) is 3.32. The van der Waals surface area contributed by atoms with Crippen molar-refractivity contribution in [2.45, 2.75) is 13.1 Å². The maximum absolute atomic E-state index is 10.7. The lowest BCUT2D eigenvalue weighted by Gasteiger charge is -2.16. The van der Waals surface area contributed by atoms with Gasteiger partial charge in [0.05, 0.1) is 12.7 Å². The van der Waals surface area contributed by atoms with Crippen molar-refractivity contribution in [2.75, 3.05) is 16.8 Å². The van der Waals surface area contributed by atoms with Crippen LogP contribution in [-0.2, 0) is 28.2 Å². The number of imidazole rings is 2. The number of hydrogen-bond donors (Lipinski definition) is 6. The molecule has 1 aliphatic heterocycles. The Labute approximate surface area is 237 Å². The summed E-state index contributed by atoms with van der Waals surface area (Å²) in [5.41, 5.74) is 23.6. The zero-order valence-electron chi connectivity index (χ0n) is 23.5. The molecule has 5 aromatic heterocycles. The second-order valence-corrected chi connectivity index (χ2v) is 8.89. The molecular formula is C23H32N16O3. The van der Waals surface area contributed by atoms with E-state index >= 15 is 0 Å². The monoisotopic (exact) mass is 580 g/mol. The number of fused-ring (bicyclic) bond motifs is 2. The number of H-pyrrole nitrogens is 1. The van der Waals surface area contributed by atoms with Crippen LogP contribution in [0.25, 0.3) is 11.2 Å². The summed E-state index contributed by atoms with van der Waals surface area (Å²) in [6.07, 6.45) is 7.40. The molecule has 0 aromatic carbocycles. The van der Waals surface area contributed by atoms with E-state index in [9.17, 15) is 14.4 Å². The van der Waals surface area contributed by atoms with E-state index in [-0.39, 0.29) is 22.8 Å². The van der Waals surface area contributed by atoms with Crippen LogP contribution in [0.5, 0.6) is 0 Å². The third-order valence-electron chi connectivity index (χ3n) is 5.58. The van der Waals surface area contributed by atoms with Crippen LogP contribution < -0.4 is 45.2 Å². The number of aryl methyl sites for hydroxylation is 5. The average molecular weight is 581 g/mol. The van der Waals surface area contributed by atoms with Crippen LogP contribution in [0.2, 0.25) is 0 Å². The first-order valence-electron chi connectivity index (χ1n) is 12.1. The predicted octanol–water partition coefficient (Wildman–Crippen LogP) is -2.19. The van der Waals surface area contributed by atoms with Gasteiger partial charge >= 0.3 is 11.4 Å². The molecule has 6 heterocycles. The van der Waals surface area contributed by atoms with Crippen LogP contribution >= 0.6 is 0 Å². The average Bonchev–Trinajstić information content (AvgIpc) is 3.50. The Morgan fingerprint density at radius 1 is 0.881 bits per heavy atom. The molecule has 0 saturated heterocycles. The van der Waals surface area contributed by atoms with Gasteiger partial charge < -0.3 is 46.5 Å². The number of hydrogen-bond acceptors (Lipinski definition) is 14. The van der Waals surface area contributed by atoms with Crippen LogP contribution in [0.3, 0.4) is 0 Å². The molecule has 0 saturated carbocycles. The topological polar surface area (TPSA) is 280 Å². The summed E-state index contributed by atoms with van der Waals surface area (Å²) in [6, 6.07) is 1.57. The van der Waals surface area contributed by atoms with Crippen molar-refractivity contribution in [2.24, 2.45) is 44.7 Å². The molecule has 42 heavy (non-hydrogen) atoms. The Hall–Kier alpha value is -5.85. The van der Waals surface area contributed by atoms with Gasteiger partial charge in [-0.1, -0.05) is 0 Å². The molecule has 5 aromatic rings. The molecule has 0 radical (unpaired) electrons. The van der Waals surface area contributed by atoms with E-state index < -0.39 is 6.17 Å². The first-order chi connectivity index (χ1) is 19.8. The SMILES string of the molecule is Cc1cn(C)c(=O)[nH]c1=O.Cn1ccc(N)nc1=O.Cn1cnc2c(N)ncnc21.Cn1cnc2c1NC(N)=NC2N. The van der Waals surface area contributed by atoms with Gasteiger partial charge in [-0.2, -0.15) is 4.98 Å². The minimum absolute atomic E-state index is 0.262. The number of nitrogens with two attached hydrogens (primary N) is 4. The summed E-state index contributed by atoms with van der Waals surface area (Å²) in [5.74, 6) is 1.84. The van der Waals surface area contributed by atoms with Gasteiger partial charge in [-0.15, -0.1) is 0 Å². The van der Waals surface area contributed by atoms with Crippen LogP contribution in [-0.4, -0.2) is 54.1 Å². The normalized spacial score (nSPS) is 13.2. The number of rotatable bonds is 0. The number of guanidine groups is 1. The lowest BCUT2D eigenvalue weighted by Crippen LogP contribution is -2.31. The Bertz CT molecular complexity index is 1860. The molecule has 10 N–H and O–H groups in total. The summed E-state index contributed by atoms with van der Waals surface area (Å²) < 4.78 is 6.30. The molecule has 0 fully saturated rings. The summed E-state index contributed by atoms with van der Waals surface area (Å²) in [6.45, 7) is 1.65. The summed E-state index contributed by atoms with van der Waals surface area (Å²) in [5, 5.41) is 2.89. The molecule has 0 amide bonds. The highest BCUT2D eigenvalue weighted by Gasteiger charge is 2.20. The van der Waals surface area contributed by atoms with Crippen molar-refractivity contribution in [1.29, 1.82) is 0 Å². The molecule has 0 spiro atoms. The van der Waals surface area contributed by atoms with Crippen molar-refractivity contribution in [1.82, 2.24) is 48.2 Å². The Balaban J connectivity index is 0.000000155. The lowest BCUT2D eigenvalue weighted by atomic mass is 10.3. The quantitative estimate of drug-likeness (QED) is 0.114. The van der Waals surface area contributed by atoms with E-state index in [0.29, 0.717) is 22.9 Å². The van der Waals surface area contributed by atoms with E-state index in [4.69, 9.17) is 22.9 Å². The van der Waals surface area contributed by atoms with Crippen molar-refractivity contribution in [3.63, 3.8) is 0 Å². The van der Waals surface area contributed by atoms with Crippen LogP contribution in [0.4, 0.5) is 17.5 Å². The minimum atomic E-state index is -0.442. The van der Waals surface area contributed by atoms with Crippen molar-refractivity contribution >= 4 is 34.6 Å². The second-order valence-electron chi connectivity index (χ2n) is 8.89. The van der Waals surface area contributed by atoms with Crippen molar-refractivity contribution < 1.29 is 0 Å². The predicted molar refractivity (Wildman–Crippen MR) is 157 cm³/mol. The highest BCUT2D eigenvalue weighted by molar-refractivity contribution is 5.93. The minimum Gasteiger partial charge on any atom is -0.383 e. The molecule has 1 aliphatic rings. The van der Waals surface area contributed by atoms with Crippen LogP contribution in [0.15, 0.2) is 56.8 Å². The van der Waals surface area contributed by atoms with Gasteiger partial charge in [0.15, 0.2) is 17.4 Å². The van der Waals surface area contributed by atoms with E-state index in [1.807, 2.05) is 18.7 Å². The third-order valence-corrected chi connectivity index (χ3v) is 5.58. The number of anilines is 3. The molecule has 0 aliphatic carbocycles. The molecular weight excluding hydrogens is 548 g/mol. The zero-order valence-corrected chi connectivity index (χ0v) is 23.5. The molecule has 0 bridgehead atoms. The van der Waals surface area contributed by atoms with E-state index in [1.165, 1.54) is 21.7 Å². The van der Waals surface area contributed by atoms with Gasteiger partial charge in [-0.3, -0.25) is 9.78 Å². The molecule has 1 atom stereocenters. The standard InChI is InChI=1S/C6H10N6.C6H7N5.C6H8N2O2.C5H7N3O/c1-12-2-9-3-4(7)10-6(8)11-5(3)12;1-11-3-10-4-5(7)8-2-9-6(4)11;1-4-3-8(2)6(10)7-5(4)9;1-8-3-2-4(6)7-5(8)9/h2,4H,7H2,1H3,(H3,8,10,11);2-3H,1H3,(H2,7,8,9);3H,1-2H3,(H,7,9,10);2-3H,1H3,(H2,6,7,9). The van der Waals surface area contributed by atoms with Crippen LogP contribution in [0, 0.1) is 6.92 Å². The van der Waals surface area contributed by atoms with E-state index in [1.54, 1.807) is 50.5 Å². The Morgan fingerprint density at radius 3 is 2.19 bits per heavy atom. The zero-order chi connectivity index (χ0) is 31.1. The first kappa shape index (κ1) is 30.7. The largest absolute Gasteiger partial charge is 0.383 e. The van der Waals surface area contributed by atoms with Gasteiger partial charge in [0.2, 0.25) is 0 Å². The van der Waals surface area contributed by atoms with Gasteiger partial charge in [-0.25, -0.2) is 34.5 Å². The van der Waals surface area contributed by atoms with Gasteiger partial charge in [0.1, 0.15) is 35.3 Å². The van der Waals surface area contributed by atoms with Gasteiger partial charge in [0, 0.05) is 46.1 Å². The van der Waals surface area contributed by atoms with E-state index in [0.717, 1.165) is 17.2 Å².